The number of nitrogens with zero attached hydrogens (tertiary/aromatic N) is 2. The van der Waals surface area contributed by atoms with Crippen LogP contribution < -0.4 is 9.80 Å². The van der Waals surface area contributed by atoms with E-state index in [2.05, 4.69) is 556 Å². The summed E-state index contributed by atoms with van der Waals surface area (Å²) < 4.78 is 0. The Balaban J connectivity index is 0.000000155. The smallest absolute Gasteiger partial charge is 0.0720 e. The first-order valence-corrected chi connectivity index (χ1v) is 45.9. The third-order valence-corrected chi connectivity index (χ3v) is 28.5. The first-order valence-electron chi connectivity index (χ1n) is 45.9. The van der Waals surface area contributed by atoms with Gasteiger partial charge in [0.25, 0.3) is 0 Å². The Labute approximate surface area is 780 Å². The van der Waals surface area contributed by atoms with Crippen molar-refractivity contribution in [1.82, 2.24) is 0 Å². The van der Waals surface area contributed by atoms with Crippen LogP contribution in [0.2, 0.25) is 0 Å². The number of benzene rings is 21. The zero-order valence-electron chi connectivity index (χ0n) is 72.9. The van der Waals surface area contributed by atoms with Gasteiger partial charge in [-0.3, -0.25) is 0 Å². The number of hydrogen-bond acceptors (Lipinski definition) is 2. The molecule has 628 valence electrons. The SMILES string of the molecule is C.c1ccc(-c2ccc(N(c3ccc(-c4ccccc4)cc3)c3ccc(-c4ccc(-c5ccc6c(c5)C5(c7ccccc7-6)c6ccccc6C(c6ccccc6)(c6ccccc6)c6ccccc65)cc4)cc3)cc2)cc1.c1ccc(-c2ccc(N(c3ccccc3)c3cccc4c3-c3ccccc3C43c4ccccc4C(c4ccccc4)(c4ccccc4)c4ccccc43)cc2)cc1. The zero-order valence-corrected chi connectivity index (χ0v) is 72.9. The minimum atomic E-state index is -0.568. The van der Waals surface area contributed by atoms with Crippen molar-refractivity contribution in [1.29, 1.82) is 0 Å². The van der Waals surface area contributed by atoms with Crippen molar-refractivity contribution < 1.29 is 0 Å². The van der Waals surface area contributed by atoms with E-state index in [4.69, 9.17) is 0 Å². The molecule has 0 radical (unpaired) electrons. The van der Waals surface area contributed by atoms with Crippen molar-refractivity contribution in [2.75, 3.05) is 9.80 Å². The van der Waals surface area contributed by atoms with Crippen LogP contribution in [0, 0.1) is 0 Å². The van der Waals surface area contributed by atoms with Gasteiger partial charge in [0.1, 0.15) is 0 Å². The molecule has 0 amide bonds. The molecule has 0 heterocycles. The summed E-state index contributed by atoms with van der Waals surface area (Å²) in [5.41, 5.74) is 42.4. The lowest BCUT2D eigenvalue weighted by molar-refractivity contribution is 0.623. The molecule has 0 saturated carbocycles. The van der Waals surface area contributed by atoms with Gasteiger partial charge in [0.05, 0.1) is 27.3 Å². The molecule has 21 aromatic carbocycles. The van der Waals surface area contributed by atoms with E-state index >= 15 is 0 Å². The van der Waals surface area contributed by atoms with Gasteiger partial charge < -0.3 is 9.80 Å². The van der Waals surface area contributed by atoms with E-state index in [1.807, 2.05) is 0 Å². The van der Waals surface area contributed by atoms with Gasteiger partial charge >= 0.3 is 0 Å². The molecular formula is C131H94N2. The number of hydrogen-bond donors (Lipinski definition) is 0. The van der Waals surface area contributed by atoms with E-state index in [9.17, 15) is 0 Å². The van der Waals surface area contributed by atoms with Crippen LogP contribution in [0.3, 0.4) is 0 Å². The molecule has 0 aromatic heterocycles. The van der Waals surface area contributed by atoms with Crippen molar-refractivity contribution in [2.45, 2.75) is 29.1 Å². The van der Waals surface area contributed by atoms with Gasteiger partial charge in [-0.2, -0.15) is 0 Å². The standard InChI is InChI=1S/C74H51N.C56H39N.CH4/c1-5-19-52(20-6-1)55-37-44-62(45-38-55)75(63-46-39-56(40-47-63)53-21-7-2-8-22-53)64-48-41-57(42-49-64)54-33-35-58(36-34-54)59-43-50-66-65-27-13-14-28-67(65)74(72(66)51-59)70-31-17-15-29-68(70)73(60-23-9-3-10-24-60,61-25-11-4-12-26-61)69-30-16-18-32-71(69)74;1-5-20-40(21-6-1)41-36-38-45(39-37-41)57(44-26-11-4-12-27-44)53-35-19-34-52-54(53)46-28-13-14-29-47(46)56(52)50-32-17-15-30-48(50)55(42-22-7-2-8-23-42,43-24-9-3-10-25-43)49-31-16-18-33-51(49)56;/h1-51H;1-39H;1H4. The molecule has 2 spiro atoms. The summed E-state index contributed by atoms with van der Waals surface area (Å²) in [6.45, 7) is 0. The van der Waals surface area contributed by atoms with Crippen LogP contribution in [-0.4, -0.2) is 0 Å². The van der Waals surface area contributed by atoms with E-state index in [1.165, 1.54) is 167 Å². The highest BCUT2D eigenvalue weighted by Crippen LogP contribution is 2.68. The minimum Gasteiger partial charge on any atom is -0.311 e. The highest BCUT2D eigenvalue weighted by Gasteiger charge is 2.59. The van der Waals surface area contributed by atoms with Crippen LogP contribution in [0.4, 0.5) is 34.1 Å². The zero-order chi connectivity index (χ0) is 87.6. The second kappa shape index (κ2) is 33.7. The Bertz CT molecular complexity index is 7540. The normalized spacial score (nSPS) is 13.4. The van der Waals surface area contributed by atoms with Crippen LogP contribution in [0.5, 0.6) is 0 Å². The third kappa shape index (κ3) is 12.9. The lowest BCUT2D eigenvalue weighted by atomic mass is 9.51. The van der Waals surface area contributed by atoms with Gasteiger partial charge in [0.15, 0.2) is 0 Å². The summed E-state index contributed by atoms with van der Waals surface area (Å²) >= 11 is 0. The fourth-order valence-corrected chi connectivity index (χ4v) is 23.0. The summed E-state index contributed by atoms with van der Waals surface area (Å²) in [5, 5.41) is 0. The maximum Gasteiger partial charge on any atom is 0.0720 e. The van der Waals surface area contributed by atoms with E-state index < -0.39 is 21.7 Å². The molecule has 0 saturated heterocycles. The molecule has 0 unspecified atom stereocenters. The monoisotopic (exact) mass is 1690 g/mol. The van der Waals surface area contributed by atoms with Crippen LogP contribution in [0.15, 0.2) is 546 Å². The predicted molar refractivity (Wildman–Crippen MR) is 555 cm³/mol. The molecule has 4 aliphatic rings. The largest absolute Gasteiger partial charge is 0.311 e. The van der Waals surface area contributed by atoms with E-state index in [1.54, 1.807) is 0 Å². The van der Waals surface area contributed by atoms with Crippen molar-refractivity contribution in [2.24, 2.45) is 0 Å². The molecule has 25 rings (SSSR count). The maximum absolute atomic E-state index is 2.50. The fourth-order valence-electron chi connectivity index (χ4n) is 23.0. The second-order valence-electron chi connectivity index (χ2n) is 35.1. The second-order valence-corrected chi connectivity index (χ2v) is 35.1. The Morgan fingerprint density at radius 2 is 0.346 bits per heavy atom. The molecule has 0 N–H and O–H groups in total. The van der Waals surface area contributed by atoms with Crippen molar-refractivity contribution in [3.05, 3.63) is 635 Å². The van der Waals surface area contributed by atoms with Crippen molar-refractivity contribution >= 4 is 34.1 Å². The molecule has 0 atom stereocenters. The Hall–Kier alpha value is -16.8. The third-order valence-electron chi connectivity index (χ3n) is 28.5. The van der Waals surface area contributed by atoms with Gasteiger partial charge in [-0.05, 0) is 234 Å². The number of anilines is 6. The van der Waals surface area contributed by atoms with Gasteiger partial charge in [-0.1, -0.05) is 481 Å². The average Bonchev–Trinajstić information content (AvgIpc) is 1.56. The van der Waals surface area contributed by atoms with E-state index in [0.29, 0.717) is 0 Å². The number of para-hydroxylation sites is 1. The molecule has 0 bridgehead atoms. The molecular weight excluding hydrogens is 1600 g/mol. The fraction of sp³-hybridized carbons (Fsp3) is 0.0382. The summed E-state index contributed by atoms with van der Waals surface area (Å²) in [6, 6.07) is 202. The summed E-state index contributed by atoms with van der Waals surface area (Å²) in [4.78, 5) is 4.80. The Morgan fingerprint density at radius 3 is 0.692 bits per heavy atom. The summed E-state index contributed by atoms with van der Waals surface area (Å²) in [7, 11) is 0. The molecule has 0 aliphatic heterocycles. The van der Waals surface area contributed by atoms with E-state index in [-0.39, 0.29) is 7.43 Å². The highest BCUT2D eigenvalue weighted by atomic mass is 15.1. The van der Waals surface area contributed by atoms with Crippen LogP contribution in [-0.2, 0) is 21.7 Å². The topological polar surface area (TPSA) is 6.48 Å². The first-order chi connectivity index (χ1) is 65.5. The molecule has 21 aromatic rings. The van der Waals surface area contributed by atoms with Crippen molar-refractivity contribution in [3.8, 4) is 77.9 Å². The van der Waals surface area contributed by atoms with Crippen LogP contribution in [0.25, 0.3) is 77.9 Å². The Morgan fingerprint density at radius 1 is 0.128 bits per heavy atom. The van der Waals surface area contributed by atoms with Crippen LogP contribution >= 0.6 is 0 Å². The van der Waals surface area contributed by atoms with E-state index in [0.717, 1.165) is 34.1 Å². The van der Waals surface area contributed by atoms with Crippen molar-refractivity contribution in [3.63, 3.8) is 0 Å². The van der Waals surface area contributed by atoms with Crippen LogP contribution in [0.1, 0.15) is 96.4 Å². The lowest BCUT2D eigenvalue weighted by Crippen LogP contribution is -2.44. The van der Waals surface area contributed by atoms with Gasteiger partial charge in [0, 0.05) is 34.0 Å². The molecule has 0 fully saturated rings. The maximum atomic E-state index is 2.50. The Kier molecular flexibility index (Phi) is 20.5. The predicted octanol–water partition coefficient (Wildman–Crippen LogP) is 33.4. The minimum absolute atomic E-state index is 0. The molecule has 2 nitrogen and oxygen atoms in total. The summed E-state index contributed by atoms with van der Waals surface area (Å²) in [5.74, 6) is 0. The average molecular weight is 1700 g/mol. The van der Waals surface area contributed by atoms with Gasteiger partial charge in [-0.25, -0.2) is 0 Å². The quantitative estimate of drug-likeness (QED) is 0.101. The first kappa shape index (κ1) is 80.8. The lowest BCUT2D eigenvalue weighted by Gasteiger charge is -2.50. The van der Waals surface area contributed by atoms with Gasteiger partial charge in [-0.15, -0.1) is 0 Å². The molecule has 4 aliphatic carbocycles. The molecule has 2 heteroatoms. The molecule has 133 heavy (non-hydrogen) atoms. The number of fused-ring (bicyclic) bond motifs is 18. The highest BCUT2D eigenvalue weighted by molar-refractivity contribution is 6.00. The number of rotatable bonds is 15. The summed E-state index contributed by atoms with van der Waals surface area (Å²) in [6.07, 6.45) is 0. The van der Waals surface area contributed by atoms with Gasteiger partial charge in [0.2, 0.25) is 0 Å².